The molecule has 0 aliphatic carbocycles. The van der Waals surface area contributed by atoms with Gasteiger partial charge in [0.1, 0.15) is 12.7 Å². The molecule has 0 saturated carbocycles. The van der Waals surface area contributed by atoms with Gasteiger partial charge in [0, 0.05) is 27.4 Å². The summed E-state index contributed by atoms with van der Waals surface area (Å²) >= 11 is 0. The van der Waals surface area contributed by atoms with E-state index in [1.807, 2.05) is 12.3 Å². The summed E-state index contributed by atoms with van der Waals surface area (Å²) in [6.07, 6.45) is 6.90. The second-order valence-corrected chi connectivity index (χ2v) is 6.83. The number of allylic oxidation sites excluding steroid dienone is 1. The molecule has 6 heteroatoms. The van der Waals surface area contributed by atoms with Gasteiger partial charge in [-0.25, -0.2) is 0 Å². The van der Waals surface area contributed by atoms with Crippen LogP contribution in [0.1, 0.15) is 6.42 Å². The van der Waals surface area contributed by atoms with Gasteiger partial charge in [-0.05, 0) is 0 Å². The molecule has 1 fully saturated rings. The first-order chi connectivity index (χ1) is 7.23. The molecule has 0 amide bonds. The zero-order valence-electron chi connectivity index (χ0n) is 9.34. The highest BCUT2D eigenvalue weighted by Crippen LogP contribution is 2.38. The van der Waals surface area contributed by atoms with Crippen LogP contribution < -0.4 is 0 Å². The van der Waals surface area contributed by atoms with E-state index in [0.717, 1.165) is 13.0 Å². The molecule has 0 N–H and O–H groups in total. The normalized spacial score (nSPS) is 33.7. The Labute approximate surface area is 90.9 Å². The van der Waals surface area contributed by atoms with E-state index >= 15 is 0 Å². The average Bonchev–Trinajstić information content (AvgIpc) is 2.75. The second kappa shape index (κ2) is 3.80. The van der Waals surface area contributed by atoms with Crippen LogP contribution in [0.25, 0.3) is 0 Å². The van der Waals surface area contributed by atoms with Crippen molar-refractivity contribution in [1.29, 1.82) is 0 Å². The van der Waals surface area contributed by atoms with E-state index in [1.165, 1.54) is 0 Å². The molecule has 1 spiro atoms. The quantitative estimate of drug-likeness (QED) is 0.521. The second-order valence-electron chi connectivity index (χ2n) is 3.74. The Kier molecular flexibility index (Phi) is 2.78. The third-order valence-electron chi connectivity index (χ3n) is 3.27. The molecule has 2 aliphatic heterocycles. The van der Waals surface area contributed by atoms with E-state index in [9.17, 15) is 0 Å². The van der Waals surface area contributed by atoms with Crippen LogP contribution in [0.15, 0.2) is 17.4 Å². The monoisotopic (exact) mass is 229 g/mol. The lowest BCUT2D eigenvalue weighted by Gasteiger charge is -2.47. The minimum atomic E-state index is -2.56. The van der Waals surface area contributed by atoms with Gasteiger partial charge in [0.2, 0.25) is 0 Å². The van der Waals surface area contributed by atoms with Gasteiger partial charge in [-0.15, -0.1) is 0 Å². The fourth-order valence-electron chi connectivity index (χ4n) is 2.34. The first kappa shape index (κ1) is 11.0. The highest BCUT2D eigenvalue weighted by Gasteiger charge is 2.65. The number of rotatable bonds is 4. The van der Waals surface area contributed by atoms with Crippen LogP contribution >= 0.6 is 0 Å². The van der Waals surface area contributed by atoms with Gasteiger partial charge in [0.05, 0.1) is 12.6 Å². The van der Waals surface area contributed by atoms with Crippen LogP contribution in [-0.4, -0.2) is 53.2 Å². The van der Waals surface area contributed by atoms with E-state index in [0.29, 0.717) is 4.59 Å². The van der Waals surface area contributed by atoms with Crippen LogP contribution in [0.4, 0.5) is 0 Å². The first-order valence-electron chi connectivity index (χ1n) is 4.99. The number of hydrogen-bond acceptors (Lipinski definition) is 4. The van der Waals surface area contributed by atoms with Crippen LogP contribution in [-0.2, 0) is 13.3 Å². The predicted molar refractivity (Wildman–Crippen MR) is 57.9 cm³/mol. The Morgan fingerprint density at radius 2 is 1.93 bits per heavy atom. The van der Waals surface area contributed by atoms with E-state index < -0.39 is 8.80 Å². The van der Waals surface area contributed by atoms with Crippen molar-refractivity contribution in [2.45, 2.75) is 12.1 Å². The maximum absolute atomic E-state index is 5.50. The summed E-state index contributed by atoms with van der Waals surface area (Å²) in [5.41, 5.74) is 0.201. The lowest BCUT2D eigenvalue weighted by Crippen LogP contribution is -2.72. The molecule has 2 unspecified atom stereocenters. The van der Waals surface area contributed by atoms with Gasteiger partial charge >= 0.3 is 8.80 Å². The van der Waals surface area contributed by atoms with Crippen molar-refractivity contribution >= 4 is 15.0 Å². The summed E-state index contributed by atoms with van der Waals surface area (Å²) in [7, 11) is 2.39. The lowest BCUT2D eigenvalue weighted by molar-refractivity contribution is -0.939. The lowest BCUT2D eigenvalue weighted by atomic mass is 10.2. The molecule has 84 valence electrons. The molecule has 2 atom stereocenters. The van der Waals surface area contributed by atoms with Gasteiger partial charge in [-0.2, -0.15) is 4.59 Å². The SMILES string of the molecule is CO[Si](OC)(OC)C1CC[N+]12C=CC=N2. The third-order valence-corrected chi connectivity index (χ3v) is 6.53. The fourth-order valence-corrected chi connectivity index (χ4v) is 4.97. The Balaban J connectivity index is 2.23. The molecule has 0 radical (unpaired) electrons. The molecular weight excluding hydrogens is 212 g/mol. The highest BCUT2D eigenvalue weighted by molar-refractivity contribution is 6.62. The standard InChI is InChI=1S/C9H17N2O3Si/c1-12-15(13-2,14-3)9-5-8-11(9)7-4-6-10-11/h4,6-7,9H,5,8H2,1-3H3/q+1. The van der Waals surface area contributed by atoms with Crippen molar-refractivity contribution in [2.75, 3.05) is 27.9 Å². The van der Waals surface area contributed by atoms with Crippen molar-refractivity contribution in [2.24, 2.45) is 5.10 Å². The maximum Gasteiger partial charge on any atom is 0.564 e. The summed E-state index contributed by atoms with van der Waals surface area (Å²) in [6, 6.07) is 0. The maximum atomic E-state index is 5.50. The average molecular weight is 229 g/mol. The van der Waals surface area contributed by atoms with Gasteiger partial charge in [0.25, 0.3) is 0 Å². The number of quaternary nitrogens is 1. The van der Waals surface area contributed by atoms with E-state index in [2.05, 4.69) is 11.3 Å². The predicted octanol–water partition coefficient (Wildman–Crippen LogP) is 0.506. The molecule has 0 bridgehead atoms. The van der Waals surface area contributed by atoms with Gasteiger partial charge < -0.3 is 13.3 Å². The molecular formula is C9H17N2O3Si+. The minimum absolute atomic E-state index is 0.201. The van der Waals surface area contributed by atoms with E-state index in [1.54, 1.807) is 21.3 Å². The zero-order valence-corrected chi connectivity index (χ0v) is 10.3. The molecule has 2 aliphatic rings. The van der Waals surface area contributed by atoms with Crippen LogP contribution in [0, 0.1) is 0 Å². The Bertz CT molecular complexity index is 281. The van der Waals surface area contributed by atoms with E-state index in [-0.39, 0.29) is 5.67 Å². The van der Waals surface area contributed by atoms with Gasteiger partial charge in [-0.3, -0.25) is 0 Å². The molecule has 0 aromatic carbocycles. The Hall–Kier alpha value is -0.533. The van der Waals surface area contributed by atoms with Crippen molar-refractivity contribution in [3.63, 3.8) is 0 Å². The molecule has 0 aromatic rings. The highest BCUT2D eigenvalue weighted by atomic mass is 28.4. The molecule has 0 aromatic heterocycles. The fraction of sp³-hybridized carbons (Fsp3) is 0.667. The Morgan fingerprint density at radius 3 is 2.27 bits per heavy atom. The topological polar surface area (TPSA) is 40.0 Å². The third kappa shape index (κ3) is 1.41. The minimum Gasteiger partial charge on any atom is -0.373 e. The summed E-state index contributed by atoms with van der Waals surface area (Å²) in [5, 5.41) is 4.46. The molecule has 2 heterocycles. The van der Waals surface area contributed by atoms with Crippen molar-refractivity contribution in [3.8, 4) is 0 Å². The van der Waals surface area contributed by atoms with E-state index in [4.69, 9.17) is 13.3 Å². The van der Waals surface area contributed by atoms with Crippen molar-refractivity contribution in [1.82, 2.24) is 0 Å². The molecule has 1 saturated heterocycles. The van der Waals surface area contributed by atoms with Gasteiger partial charge in [-0.1, -0.05) is 5.10 Å². The van der Waals surface area contributed by atoms with Crippen LogP contribution in [0.3, 0.4) is 0 Å². The van der Waals surface area contributed by atoms with Crippen LogP contribution in [0.5, 0.6) is 0 Å². The van der Waals surface area contributed by atoms with Crippen molar-refractivity contribution in [3.05, 3.63) is 12.3 Å². The first-order valence-corrected chi connectivity index (χ1v) is 6.79. The van der Waals surface area contributed by atoms with Crippen molar-refractivity contribution < 1.29 is 17.9 Å². The molecule has 5 nitrogen and oxygen atoms in total. The summed E-state index contributed by atoms with van der Waals surface area (Å²) < 4.78 is 17.1. The molecule has 2 rings (SSSR count). The van der Waals surface area contributed by atoms with Crippen LogP contribution in [0.2, 0.25) is 0 Å². The number of hydrogen-bond donors (Lipinski definition) is 0. The Morgan fingerprint density at radius 1 is 1.27 bits per heavy atom. The summed E-state index contributed by atoms with van der Waals surface area (Å²) in [6.45, 7) is 1.00. The molecule has 15 heavy (non-hydrogen) atoms. The smallest absolute Gasteiger partial charge is 0.373 e. The zero-order chi connectivity index (χ0) is 10.9. The number of nitrogens with zero attached hydrogens (tertiary/aromatic N) is 2. The largest absolute Gasteiger partial charge is 0.564 e. The van der Waals surface area contributed by atoms with Gasteiger partial charge in [0.15, 0.2) is 5.67 Å². The summed E-state index contributed by atoms with van der Waals surface area (Å²) in [4.78, 5) is 0. The summed E-state index contributed by atoms with van der Waals surface area (Å²) in [5.74, 6) is 0.